The highest BCUT2D eigenvalue weighted by Gasteiger charge is 2.16. The van der Waals surface area contributed by atoms with Crippen molar-refractivity contribution in [2.45, 2.75) is 38.6 Å². The fourth-order valence-corrected chi connectivity index (χ4v) is 3.04. The lowest BCUT2D eigenvalue weighted by molar-refractivity contribution is 0.228. The van der Waals surface area contributed by atoms with Gasteiger partial charge in [-0.25, -0.2) is 0 Å². The third-order valence-electron chi connectivity index (χ3n) is 4.00. The van der Waals surface area contributed by atoms with Crippen LogP contribution in [-0.2, 0) is 6.54 Å². The topological polar surface area (TPSA) is 43.7 Å². The Morgan fingerprint density at radius 1 is 1.21 bits per heavy atom. The quantitative estimate of drug-likeness (QED) is 0.787. The molecule has 0 spiro atoms. The van der Waals surface area contributed by atoms with Crippen LogP contribution in [-0.4, -0.2) is 35.7 Å². The molecule has 2 N–H and O–H groups in total. The highest BCUT2D eigenvalue weighted by Crippen LogP contribution is 2.24. The molecule has 1 aromatic rings. The van der Waals surface area contributed by atoms with E-state index in [0.29, 0.717) is 5.46 Å². The summed E-state index contributed by atoms with van der Waals surface area (Å²) in [7, 11) is 0.778. The van der Waals surface area contributed by atoms with Crippen LogP contribution in [0.2, 0.25) is 0 Å². The van der Waals surface area contributed by atoms with Crippen molar-refractivity contribution in [1.29, 1.82) is 0 Å². The van der Waals surface area contributed by atoms with Crippen molar-refractivity contribution in [2.24, 2.45) is 5.92 Å². The zero-order chi connectivity index (χ0) is 13.7. The Balaban J connectivity index is 1.87. The molecule has 0 saturated heterocycles. The van der Waals surface area contributed by atoms with Crippen molar-refractivity contribution < 1.29 is 10.0 Å². The Morgan fingerprint density at radius 2 is 1.95 bits per heavy atom. The van der Waals surface area contributed by atoms with E-state index in [0.717, 1.165) is 24.6 Å². The van der Waals surface area contributed by atoms with E-state index in [1.165, 1.54) is 32.1 Å². The molecule has 0 radical (unpaired) electrons. The molecule has 3 nitrogen and oxygen atoms in total. The second-order valence-electron chi connectivity index (χ2n) is 5.82. The molecule has 19 heavy (non-hydrogen) atoms. The van der Waals surface area contributed by atoms with Crippen LogP contribution in [0, 0.1) is 5.92 Å². The first-order valence-electron chi connectivity index (χ1n) is 7.28. The van der Waals surface area contributed by atoms with E-state index in [1.807, 2.05) is 18.2 Å². The standard InChI is InChI=1S/C15H24BNO2/c1-17(11-13-6-3-2-4-7-13)12-14-8-5-9-15(10-14)16(18)19/h5,8-10,13,18-19H,2-4,6-7,11-12H2,1H3. The summed E-state index contributed by atoms with van der Waals surface area (Å²) in [4.78, 5) is 2.35. The number of rotatable bonds is 5. The molecule has 1 fully saturated rings. The molecule has 1 aliphatic rings. The van der Waals surface area contributed by atoms with E-state index in [4.69, 9.17) is 0 Å². The molecule has 1 saturated carbocycles. The summed E-state index contributed by atoms with van der Waals surface area (Å²) in [5, 5.41) is 18.4. The van der Waals surface area contributed by atoms with E-state index in [-0.39, 0.29) is 0 Å². The number of benzene rings is 1. The van der Waals surface area contributed by atoms with Gasteiger partial charge in [0.25, 0.3) is 0 Å². The Labute approximate surface area is 116 Å². The molecule has 0 aliphatic heterocycles. The lowest BCUT2D eigenvalue weighted by Gasteiger charge is -2.27. The third kappa shape index (κ3) is 4.64. The van der Waals surface area contributed by atoms with Gasteiger partial charge in [0, 0.05) is 13.1 Å². The van der Waals surface area contributed by atoms with Gasteiger partial charge in [0.1, 0.15) is 0 Å². The maximum absolute atomic E-state index is 9.19. The molecule has 0 bridgehead atoms. The summed E-state index contributed by atoms with van der Waals surface area (Å²) in [5.74, 6) is 0.838. The van der Waals surface area contributed by atoms with Crippen molar-refractivity contribution in [3.05, 3.63) is 29.8 Å². The van der Waals surface area contributed by atoms with Gasteiger partial charge >= 0.3 is 7.12 Å². The molecule has 0 aromatic heterocycles. The molecule has 0 unspecified atom stereocenters. The molecular formula is C15H24BNO2. The first-order valence-corrected chi connectivity index (χ1v) is 7.28. The molecule has 2 rings (SSSR count). The van der Waals surface area contributed by atoms with Crippen molar-refractivity contribution in [2.75, 3.05) is 13.6 Å². The summed E-state index contributed by atoms with van der Waals surface area (Å²) in [6.07, 6.45) is 6.88. The van der Waals surface area contributed by atoms with Crippen LogP contribution in [0.25, 0.3) is 0 Å². The van der Waals surface area contributed by atoms with Gasteiger partial charge in [0.05, 0.1) is 0 Å². The number of hydrogen-bond acceptors (Lipinski definition) is 3. The number of hydrogen-bond donors (Lipinski definition) is 2. The van der Waals surface area contributed by atoms with Crippen molar-refractivity contribution in [3.63, 3.8) is 0 Å². The predicted molar refractivity (Wildman–Crippen MR) is 79.2 cm³/mol. The Kier molecular flexibility index (Phi) is 5.43. The Hall–Kier alpha value is -0.835. The second kappa shape index (κ2) is 7.08. The van der Waals surface area contributed by atoms with Crippen LogP contribution in [0.5, 0.6) is 0 Å². The van der Waals surface area contributed by atoms with Gasteiger partial charge in [-0.1, -0.05) is 43.5 Å². The molecular weight excluding hydrogens is 237 g/mol. The van der Waals surface area contributed by atoms with Crippen LogP contribution in [0.1, 0.15) is 37.7 Å². The largest absolute Gasteiger partial charge is 0.488 e. The van der Waals surface area contributed by atoms with Gasteiger partial charge in [-0.2, -0.15) is 0 Å². The zero-order valence-corrected chi connectivity index (χ0v) is 11.8. The first-order chi connectivity index (χ1) is 9.15. The summed E-state index contributed by atoms with van der Waals surface area (Å²) in [5.41, 5.74) is 1.72. The first kappa shape index (κ1) is 14.6. The van der Waals surface area contributed by atoms with Gasteiger partial charge in [-0.3, -0.25) is 0 Å². The maximum Gasteiger partial charge on any atom is 0.488 e. The third-order valence-corrected chi connectivity index (χ3v) is 4.00. The molecule has 1 aliphatic carbocycles. The summed E-state index contributed by atoms with van der Waals surface area (Å²) in [6.45, 7) is 2.02. The van der Waals surface area contributed by atoms with E-state index in [2.05, 4.69) is 11.9 Å². The van der Waals surface area contributed by atoms with Crippen LogP contribution in [0.4, 0.5) is 0 Å². The van der Waals surface area contributed by atoms with Gasteiger partial charge in [-0.05, 0) is 36.8 Å². The number of nitrogens with zero attached hydrogens (tertiary/aromatic N) is 1. The van der Waals surface area contributed by atoms with Crippen LogP contribution in [0.3, 0.4) is 0 Å². The molecule has 4 heteroatoms. The van der Waals surface area contributed by atoms with Gasteiger partial charge < -0.3 is 14.9 Å². The summed E-state index contributed by atoms with van der Waals surface area (Å²) in [6, 6.07) is 7.55. The van der Waals surface area contributed by atoms with Crippen LogP contribution < -0.4 is 5.46 Å². The highest BCUT2D eigenvalue weighted by molar-refractivity contribution is 6.58. The van der Waals surface area contributed by atoms with Gasteiger partial charge in [-0.15, -0.1) is 0 Å². The molecule has 0 amide bonds. The normalized spacial score (nSPS) is 16.8. The maximum atomic E-state index is 9.19. The SMILES string of the molecule is CN(Cc1cccc(B(O)O)c1)CC1CCCCC1. The molecule has 0 heterocycles. The average Bonchev–Trinajstić information content (AvgIpc) is 2.40. The lowest BCUT2D eigenvalue weighted by atomic mass is 9.79. The Bertz CT molecular complexity index is 391. The monoisotopic (exact) mass is 261 g/mol. The fourth-order valence-electron chi connectivity index (χ4n) is 3.04. The minimum Gasteiger partial charge on any atom is -0.423 e. The van der Waals surface area contributed by atoms with Gasteiger partial charge in [0.2, 0.25) is 0 Å². The summed E-state index contributed by atoms with van der Waals surface area (Å²) < 4.78 is 0. The Morgan fingerprint density at radius 3 is 2.63 bits per heavy atom. The average molecular weight is 261 g/mol. The predicted octanol–water partition coefficient (Wildman–Crippen LogP) is 1.38. The lowest BCUT2D eigenvalue weighted by Crippen LogP contribution is -2.31. The zero-order valence-electron chi connectivity index (χ0n) is 11.8. The highest BCUT2D eigenvalue weighted by atomic mass is 16.4. The smallest absolute Gasteiger partial charge is 0.423 e. The molecule has 1 aromatic carbocycles. The van der Waals surface area contributed by atoms with Crippen molar-refractivity contribution in [3.8, 4) is 0 Å². The van der Waals surface area contributed by atoms with E-state index < -0.39 is 7.12 Å². The van der Waals surface area contributed by atoms with E-state index >= 15 is 0 Å². The molecule has 0 atom stereocenters. The summed E-state index contributed by atoms with van der Waals surface area (Å²) >= 11 is 0. The fraction of sp³-hybridized carbons (Fsp3) is 0.600. The van der Waals surface area contributed by atoms with Crippen molar-refractivity contribution in [1.82, 2.24) is 4.90 Å². The van der Waals surface area contributed by atoms with Crippen LogP contribution >= 0.6 is 0 Å². The minimum absolute atomic E-state index is 0.573. The molecule has 104 valence electrons. The van der Waals surface area contributed by atoms with Crippen molar-refractivity contribution >= 4 is 12.6 Å². The second-order valence-corrected chi connectivity index (χ2v) is 5.82. The van der Waals surface area contributed by atoms with E-state index in [1.54, 1.807) is 6.07 Å². The van der Waals surface area contributed by atoms with Gasteiger partial charge in [0.15, 0.2) is 0 Å². The van der Waals surface area contributed by atoms with E-state index in [9.17, 15) is 10.0 Å². The minimum atomic E-state index is -1.37. The van der Waals surface area contributed by atoms with Crippen LogP contribution in [0.15, 0.2) is 24.3 Å².